The summed E-state index contributed by atoms with van der Waals surface area (Å²) in [4.78, 5) is 4.59. The number of halogens is 1. The predicted molar refractivity (Wildman–Crippen MR) is 74.2 cm³/mol. The molecule has 0 radical (unpaired) electrons. The van der Waals surface area contributed by atoms with Gasteiger partial charge in [-0.1, -0.05) is 17.7 Å². The van der Waals surface area contributed by atoms with Gasteiger partial charge in [0, 0.05) is 12.1 Å². The highest BCUT2D eigenvalue weighted by Crippen LogP contribution is 2.33. The molecule has 2 nitrogen and oxygen atoms in total. The number of rotatable bonds is 1. The summed E-state index contributed by atoms with van der Waals surface area (Å²) in [7, 11) is 0. The quantitative estimate of drug-likeness (QED) is 0.779. The van der Waals surface area contributed by atoms with E-state index in [1.165, 1.54) is 29.9 Å². The first-order valence-electron chi connectivity index (χ1n) is 5.98. The van der Waals surface area contributed by atoms with Crippen molar-refractivity contribution in [1.82, 2.24) is 9.38 Å². The summed E-state index contributed by atoms with van der Waals surface area (Å²) in [6, 6.07) is 4.16. The van der Waals surface area contributed by atoms with Gasteiger partial charge in [-0.2, -0.15) is 11.8 Å². The highest BCUT2D eigenvalue weighted by Gasteiger charge is 2.22. The lowest BCUT2D eigenvalue weighted by molar-refractivity contribution is 0.596. The second-order valence-corrected chi connectivity index (χ2v) is 6.14. The molecule has 2 aromatic heterocycles. The highest BCUT2D eigenvalue weighted by atomic mass is 35.5. The van der Waals surface area contributed by atoms with Crippen molar-refractivity contribution in [3.63, 3.8) is 0 Å². The lowest BCUT2D eigenvalue weighted by Crippen LogP contribution is -2.11. The standard InChI is InChI=1S/C13H15ClN2S/c1-9-3-2-6-16-11(9)12(14)15-13(16)10-4-7-17-8-5-10/h2-3,6,10H,4-5,7-8H2,1H3. The zero-order valence-corrected chi connectivity index (χ0v) is 11.4. The number of aromatic nitrogens is 2. The van der Waals surface area contributed by atoms with Gasteiger partial charge in [0.1, 0.15) is 5.82 Å². The second kappa shape index (κ2) is 4.54. The molecule has 17 heavy (non-hydrogen) atoms. The Morgan fingerprint density at radius 3 is 2.94 bits per heavy atom. The molecule has 3 rings (SSSR count). The molecule has 0 saturated carbocycles. The van der Waals surface area contributed by atoms with E-state index >= 15 is 0 Å². The number of thioether (sulfide) groups is 1. The van der Waals surface area contributed by atoms with Crippen LogP contribution < -0.4 is 0 Å². The van der Waals surface area contributed by atoms with E-state index in [9.17, 15) is 0 Å². The summed E-state index contributed by atoms with van der Waals surface area (Å²) >= 11 is 8.30. The number of hydrogen-bond donors (Lipinski definition) is 0. The van der Waals surface area contributed by atoms with Crippen molar-refractivity contribution >= 4 is 28.9 Å². The molecule has 4 heteroatoms. The molecular formula is C13H15ClN2S. The molecule has 3 heterocycles. The Kier molecular flexibility index (Phi) is 3.05. The van der Waals surface area contributed by atoms with E-state index in [-0.39, 0.29) is 0 Å². The van der Waals surface area contributed by atoms with Gasteiger partial charge in [0.15, 0.2) is 5.15 Å². The maximum absolute atomic E-state index is 6.27. The molecule has 1 aliphatic rings. The van der Waals surface area contributed by atoms with Crippen LogP contribution in [0.4, 0.5) is 0 Å². The first-order chi connectivity index (χ1) is 8.27. The van der Waals surface area contributed by atoms with Crippen molar-refractivity contribution in [2.24, 2.45) is 0 Å². The smallest absolute Gasteiger partial charge is 0.155 e. The van der Waals surface area contributed by atoms with Gasteiger partial charge in [-0.25, -0.2) is 4.98 Å². The van der Waals surface area contributed by atoms with E-state index in [1.54, 1.807) is 0 Å². The van der Waals surface area contributed by atoms with Crippen LogP contribution in [0.1, 0.15) is 30.1 Å². The zero-order valence-electron chi connectivity index (χ0n) is 9.82. The fourth-order valence-corrected chi connectivity index (χ4v) is 3.95. The number of pyridine rings is 1. The fraction of sp³-hybridized carbons (Fsp3) is 0.462. The van der Waals surface area contributed by atoms with E-state index < -0.39 is 0 Å². The van der Waals surface area contributed by atoms with Crippen LogP contribution in [0.15, 0.2) is 18.3 Å². The van der Waals surface area contributed by atoms with E-state index in [1.807, 2.05) is 11.8 Å². The van der Waals surface area contributed by atoms with Gasteiger partial charge in [0.2, 0.25) is 0 Å². The third-order valence-corrected chi connectivity index (χ3v) is 4.75. The Labute approximate surface area is 110 Å². The average molecular weight is 267 g/mol. The van der Waals surface area contributed by atoms with Crippen molar-refractivity contribution in [2.75, 3.05) is 11.5 Å². The average Bonchev–Trinajstić information content (AvgIpc) is 2.69. The molecule has 0 bridgehead atoms. The summed E-state index contributed by atoms with van der Waals surface area (Å²) in [6.07, 6.45) is 4.51. The van der Waals surface area contributed by atoms with E-state index in [4.69, 9.17) is 11.6 Å². The first-order valence-corrected chi connectivity index (χ1v) is 7.51. The Balaban J connectivity index is 2.13. The summed E-state index contributed by atoms with van der Waals surface area (Å²) in [5.41, 5.74) is 2.27. The van der Waals surface area contributed by atoms with Gasteiger partial charge in [0.25, 0.3) is 0 Å². The Morgan fingerprint density at radius 1 is 1.41 bits per heavy atom. The van der Waals surface area contributed by atoms with E-state index in [0.29, 0.717) is 11.1 Å². The number of aryl methyl sites for hydroxylation is 1. The molecule has 0 atom stereocenters. The van der Waals surface area contributed by atoms with Gasteiger partial charge in [-0.05, 0) is 42.9 Å². The van der Waals surface area contributed by atoms with Crippen LogP contribution in [0.5, 0.6) is 0 Å². The van der Waals surface area contributed by atoms with E-state index in [0.717, 1.165) is 11.3 Å². The predicted octanol–water partition coefficient (Wildman–Crippen LogP) is 3.91. The molecular weight excluding hydrogens is 252 g/mol. The molecule has 0 amide bonds. The Hall–Kier alpha value is -0.670. The lowest BCUT2D eigenvalue weighted by Gasteiger charge is -2.20. The zero-order chi connectivity index (χ0) is 11.8. The normalized spacial score (nSPS) is 17.8. The molecule has 1 fully saturated rings. The van der Waals surface area contributed by atoms with Crippen molar-refractivity contribution in [2.45, 2.75) is 25.7 Å². The first kappa shape index (κ1) is 11.4. The third-order valence-electron chi connectivity index (χ3n) is 3.44. The van der Waals surface area contributed by atoms with Crippen molar-refractivity contribution in [1.29, 1.82) is 0 Å². The SMILES string of the molecule is Cc1cccn2c(C3CCSCC3)nc(Cl)c12. The molecule has 2 aromatic rings. The topological polar surface area (TPSA) is 17.3 Å². The monoisotopic (exact) mass is 266 g/mol. The van der Waals surface area contributed by atoms with Gasteiger partial charge in [0.05, 0.1) is 5.52 Å². The molecule has 0 N–H and O–H groups in total. The summed E-state index contributed by atoms with van der Waals surface area (Å²) < 4.78 is 2.18. The molecule has 0 aliphatic carbocycles. The van der Waals surface area contributed by atoms with Crippen LogP contribution in [-0.4, -0.2) is 20.9 Å². The van der Waals surface area contributed by atoms with Gasteiger partial charge < -0.3 is 4.40 Å². The summed E-state index contributed by atoms with van der Waals surface area (Å²) in [6.45, 7) is 2.09. The van der Waals surface area contributed by atoms with E-state index in [2.05, 4.69) is 34.6 Å². The van der Waals surface area contributed by atoms with Crippen LogP contribution in [0.3, 0.4) is 0 Å². The molecule has 0 spiro atoms. The van der Waals surface area contributed by atoms with Crippen molar-refractivity contribution in [3.05, 3.63) is 34.9 Å². The highest BCUT2D eigenvalue weighted by molar-refractivity contribution is 7.99. The van der Waals surface area contributed by atoms with Gasteiger partial charge >= 0.3 is 0 Å². The molecule has 90 valence electrons. The fourth-order valence-electron chi connectivity index (χ4n) is 2.52. The minimum absolute atomic E-state index is 0.568. The molecule has 1 saturated heterocycles. The van der Waals surface area contributed by atoms with Crippen LogP contribution in [0.2, 0.25) is 5.15 Å². The van der Waals surface area contributed by atoms with Crippen LogP contribution in [0.25, 0.3) is 5.52 Å². The lowest BCUT2D eigenvalue weighted by atomic mass is 10.0. The van der Waals surface area contributed by atoms with Crippen LogP contribution >= 0.6 is 23.4 Å². The molecule has 0 unspecified atom stereocenters. The number of hydrogen-bond acceptors (Lipinski definition) is 2. The van der Waals surface area contributed by atoms with Gasteiger partial charge in [-0.3, -0.25) is 0 Å². The number of fused-ring (bicyclic) bond motifs is 1. The van der Waals surface area contributed by atoms with Crippen molar-refractivity contribution in [3.8, 4) is 0 Å². The van der Waals surface area contributed by atoms with Crippen molar-refractivity contribution < 1.29 is 0 Å². The number of nitrogens with zero attached hydrogens (tertiary/aromatic N) is 2. The maximum atomic E-state index is 6.27. The Bertz CT molecular complexity index is 544. The van der Waals surface area contributed by atoms with Crippen LogP contribution in [-0.2, 0) is 0 Å². The largest absolute Gasteiger partial charge is 0.302 e. The third kappa shape index (κ3) is 1.95. The summed E-state index contributed by atoms with van der Waals surface area (Å²) in [5, 5.41) is 0.649. The van der Waals surface area contributed by atoms with Crippen LogP contribution in [0, 0.1) is 6.92 Å². The second-order valence-electron chi connectivity index (χ2n) is 4.56. The van der Waals surface area contributed by atoms with Gasteiger partial charge in [-0.15, -0.1) is 0 Å². The minimum atomic E-state index is 0.568. The minimum Gasteiger partial charge on any atom is -0.302 e. The summed E-state index contributed by atoms with van der Waals surface area (Å²) in [5.74, 6) is 4.19. The number of imidazole rings is 1. The molecule has 1 aliphatic heterocycles. The Morgan fingerprint density at radius 2 is 2.18 bits per heavy atom. The molecule has 0 aromatic carbocycles. The maximum Gasteiger partial charge on any atom is 0.155 e.